The number of nitrogens with zero attached hydrogens (tertiary/aromatic N) is 1. The first-order valence-corrected chi connectivity index (χ1v) is 14.2. The highest BCUT2D eigenvalue weighted by Gasteiger charge is 2.30. The lowest BCUT2D eigenvalue weighted by Crippen LogP contribution is -2.48. The largest absolute Gasteiger partial charge is 0.493 e. The molecule has 4 rings (SSSR count). The third kappa shape index (κ3) is 6.59. The highest BCUT2D eigenvalue weighted by atomic mass is 16.5. The van der Waals surface area contributed by atoms with Gasteiger partial charge in [0.1, 0.15) is 6.04 Å². The van der Waals surface area contributed by atoms with Crippen molar-refractivity contribution < 1.29 is 28.5 Å². The van der Waals surface area contributed by atoms with Gasteiger partial charge >= 0.3 is 0 Å². The third-order valence-corrected chi connectivity index (χ3v) is 7.71. The van der Waals surface area contributed by atoms with Gasteiger partial charge in [-0.15, -0.1) is 0 Å². The number of amides is 2. The smallest absolute Gasteiger partial charge is 0.245 e. The van der Waals surface area contributed by atoms with Crippen molar-refractivity contribution in [2.24, 2.45) is 0 Å². The van der Waals surface area contributed by atoms with Gasteiger partial charge in [0.05, 0.1) is 46.3 Å². The van der Waals surface area contributed by atoms with Crippen LogP contribution in [0.2, 0.25) is 0 Å². The lowest BCUT2D eigenvalue weighted by atomic mass is 9.95. The molecule has 222 valence electrons. The van der Waals surface area contributed by atoms with Crippen LogP contribution in [0.3, 0.4) is 0 Å². The number of methoxy groups -OCH3 is 3. The number of benzene rings is 1. The molecule has 0 bridgehead atoms. The van der Waals surface area contributed by atoms with Crippen molar-refractivity contribution in [2.75, 3.05) is 52.9 Å². The van der Waals surface area contributed by atoms with Crippen LogP contribution in [-0.2, 0) is 20.7 Å². The summed E-state index contributed by atoms with van der Waals surface area (Å²) in [5.74, 6) is 1.25. The van der Waals surface area contributed by atoms with E-state index in [1.54, 1.807) is 38.4 Å². The molecule has 1 heterocycles. The van der Waals surface area contributed by atoms with E-state index in [0.29, 0.717) is 74.1 Å². The molecule has 1 aliphatic heterocycles. The Bertz CT molecular complexity index is 1320. The van der Waals surface area contributed by atoms with Crippen LogP contribution >= 0.6 is 0 Å². The number of ether oxygens (including phenoxy) is 4. The van der Waals surface area contributed by atoms with Crippen LogP contribution in [0.25, 0.3) is 11.1 Å². The molecule has 1 fully saturated rings. The molecule has 0 saturated carbocycles. The zero-order valence-corrected chi connectivity index (χ0v) is 24.6. The van der Waals surface area contributed by atoms with Gasteiger partial charge in [-0.25, -0.2) is 0 Å². The Morgan fingerprint density at radius 3 is 2.44 bits per heavy atom. The van der Waals surface area contributed by atoms with Crippen molar-refractivity contribution in [1.82, 2.24) is 10.2 Å². The number of fused-ring (bicyclic) bond motifs is 3. The SMILES string of the molecule is CCCCC(Nc1ccc2c(cc1=O)[C@@H](NC(C)=O)CCc1cc(OC)c(OC)c(OC)c1-2)C(=O)N1CCOCC1. The summed E-state index contributed by atoms with van der Waals surface area (Å²) in [4.78, 5) is 41.2. The topological polar surface area (TPSA) is 115 Å². The van der Waals surface area contributed by atoms with E-state index in [2.05, 4.69) is 17.6 Å². The Balaban J connectivity index is 1.86. The van der Waals surface area contributed by atoms with Crippen LogP contribution < -0.4 is 30.3 Å². The predicted octanol–water partition coefficient (Wildman–Crippen LogP) is 3.69. The van der Waals surface area contributed by atoms with E-state index in [1.165, 1.54) is 6.92 Å². The number of hydrogen-bond acceptors (Lipinski definition) is 8. The molecule has 2 aromatic carbocycles. The van der Waals surface area contributed by atoms with Gasteiger partial charge < -0.3 is 34.5 Å². The van der Waals surface area contributed by atoms with Gasteiger partial charge in [-0.1, -0.05) is 25.8 Å². The van der Waals surface area contributed by atoms with E-state index in [4.69, 9.17) is 18.9 Å². The number of aryl methyl sites for hydroxylation is 1. The lowest BCUT2D eigenvalue weighted by Gasteiger charge is -2.31. The van der Waals surface area contributed by atoms with E-state index >= 15 is 0 Å². The molecule has 41 heavy (non-hydrogen) atoms. The second kappa shape index (κ2) is 13.7. The molecular weight excluding hydrogens is 526 g/mol. The van der Waals surface area contributed by atoms with E-state index in [-0.39, 0.29) is 17.2 Å². The minimum absolute atomic E-state index is 0.0332. The van der Waals surface area contributed by atoms with Gasteiger partial charge in [-0.2, -0.15) is 0 Å². The van der Waals surface area contributed by atoms with Crippen LogP contribution in [0.15, 0.2) is 29.1 Å². The quantitative estimate of drug-likeness (QED) is 0.447. The summed E-state index contributed by atoms with van der Waals surface area (Å²) in [6, 6.07) is 6.13. The number of carbonyl (C=O) groups is 2. The normalized spacial score (nSPS) is 16.9. The maximum Gasteiger partial charge on any atom is 0.245 e. The molecule has 0 radical (unpaired) electrons. The maximum absolute atomic E-state index is 13.7. The van der Waals surface area contributed by atoms with Crippen molar-refractivity contribution in [2.45, 2.75) is 58.0 Å². The first kappa shape index (κ1) is 30.2. The van der Waals surface area contributed by atoms with Crippen molar-refractivity contribution in [3.05, 3.63) is 45.6 Å². The molecule has 0 spiro atoms. The van der Waals surface area contributed by atoms with Gasteiger partial charge in [-0.3, -0.25) is 14.4 Å². The number of unbranched alkanes of at least 4 members (excludes halogenated alkanes) is 1. The monoisotopic (exact) mass is 567 g/mol. The maximum atomic E-state index is 13.7. The number of anilines is 1. The zero-order valence-electron chi connectivity index (χ0n) is 24.6. The van der Waals surface area contributed by atoms with Crippen LogP contribution in [0.1, 0.15) is 56.7 Å². The van der Waals surface area contributed by atoms with Crippen LogP contribution in [0, 0.1) is 0 Å². The van der Waals surface area contributed by atoms with Crippen LogP contribution in [0.4, 0.5) is 5.69 Å². The molecule has 2 atom stereocenters. The summed E-state index contributed by atoms with van der Waals surface area (Å²) in [6.07, 6.45) is 3.55. The second-order valence-corrected chi connectivity index (χ2v) is 10.4. The Hall–Kier alpha value is -3.79. The summed E-state index contributed by atoms with van der Waals surface area (Å²) >= 11 is 0. The van der Waals surface area contributed by atoms with E-state index in [0.717, 1.165) is 29.5 Å². The third-order valence-electron chi connectivity index (χ3n) is 7.71. The summed E-state index contributed by atoms with van der Waals surface area (Å²) in [7, 11) is 4.69. The van der Waals surface area contributed by atoms with Crippen LogP contribution in [-0.4, -0.2) is 70.4 Å². The standard InChI is InChI=1S/C31H41N3O7/c1-6-7-8-25(31(37)34-13-15-41-16-14-34)33-24-12-10-21-22(18-26(24)36)23(32-19(2)35)11-9-20-17-27(38-3)29(39-4)30(40-5)28(20)21/h10,12,17-18,23,25H,6-9,11,13-16H2,1-5H3,(H,32,35)(H,33,36)/t23-,25?/m0/s1. The Kier molecular flexibility index (Phi) is 10.1. The first-order valence-electron chi connectivity index (χ1n) is 14.2. The van der Waals surface area contributed by atoms with E-state index in [1.807, 2.05) is 12.1 Å². The number of hydrogen-bond donors (Lipinski definition) is 2. The number of morpholine rings is 1. The van der Waals surface area contributed by atoms with E-state index in [9.17, 15) is 14.4 Å². The summed E-state index contributed by atoms with van der Waals surface area (Å²) in [6.45, 7) is 5.62. The van der Waals surface area contributed by atoms with Gasteiger partial charge in [0.25, 0.3) is 0 Å². The zero-order chi connectivity index (χ0) is 29.5. The first-order chi connectivity index (χ1) is 19.8. The molecule has 10 nitrogen and oxygen atoms in total. The van der Waals surface area contributed by atoms with Crippen molar-refractivity contribution in [3.63, 3.8) is 0 Å². The summed E-state index contributed by atoms with van der Waals surface area (Å²) in [5, 5.41) is 6.30. The lowest BCUT2D eigenvalue weighted by molar-refractivity contribution is -0.136. The molecule has 2 aromatic rings. The Morgan fingerprint density at radius 1 is 1.07 bits per heavy atom. The number of rotatable bonds is 10. The van der Waals surface area contributed by atoms with Crippen molar-refractivity contribution in [3.8, 4) is 28.4 Å². The highest BCUT2D eigenvalue weighted by molar-refractivity contribution is 5.86. The molecule has 0 aromatic heterocycles. The number of nitrogens with one attached hydrogen (secondary N) is 2. The summed E-state index contributed by atoms with van der Waals surface area (Å²) < 4.78 is 22.5. The molecule has 1 saturated heterocycles. The fourth-order valence-electron chi connectivity index (χ4n) is 5.68. The van der Waals surface area contributed by atoms with Crippen molar-refractivity contribution in [1.29, 1.82) is 0 Å². The molecular formula is C31H41N3O7. The van der Waals surface area contributed by atoms with Gasteiger partial charge in [0.2, 0.25) is 23.0 Å². The van der Waals surface area contributed by atoms with Gasteiger partial charge in [-0.05, 0) is 54.2 Å². The minimum Gasteiger partial charge on any atom is -0.493 e. The average Bonchev–Trinajstić information content (AvgIpc) is 3.22. The summed E-state index contributed by atoms with van der Waals surface area (Å²) in [5.41, 5.74) is 3.20. The van der Waals surface area contributed by atoms with E-state index < -0.39 is 12.1 Å². The molecule has 10 heteroatoms. The molecule has 2 N–H and O–H groups in total. The predicted molar refractivity (Wildman–Crippen MR) is 157 cm³/mol. The number of carbonyl (C=O) groups excluding carboxylic acids is 2. The average molecular weight is 568 g/mol. The molecule has 2 aliphatic rings. The Morgan fingerprint density at radius 2 is 1.80 bits per heavy atom. The molecule has 1 aliphatic carbocycles. The van der Waals surface area contributed by atoms with Crippen LogP contribution in [0.5, 0.6) is 17.2 Å². The highest BCUT2D eigenvalue weighted by Crippen LogP contribution is 2.50. The van der Waals surface area contributed by atoms with Gasteiger partial charge in [0, 0.05) is 25.6 Å². The minimum atomic E-state index is -0.541. The van der Waals surface area contributed by atoms with Crippen molar-refractivity contribution >= 4 is 17.5 Å². The molecule has 2 amide bonds. The molecule has 1 unspecified atom stereocenters. The Labute approximate surface area is 241 Å². The fourth-order valence-corrected chi connectivity index (χ4v) is 5.68. The van der Waals surface area contributed by atoms with Gasteiger partial charge in [0.15, 0.2) is 11.5 Å². The fraction of sp³-hybridized carbons (Fsp3) is 0.516. The second-order valence-electron chi connectivity index (χ2n) is 10.4.